The number of aliphatic carboxylic acids is 1. The maximum Gasteiger partial charge on any atom is 0.490 e. The minimum atomic E-state index is -5.08. The van der Waals surface area contributed by atoms with Crippen molar-refractivity contribution in [2.75, 3.05) is 19.0 Å². The topological polar surface area (TPSA) is 154 Å². The van der Waals surface area contributed by atoms with Crippen molar-refractivity contribution in [3.05, 3.63) is 52.7 Å². The number of nitrogens with one attached hydrogen (secondary N) is 3. The Hall–Kier alpha value is -3.91. The number of rotatable bonds is 5. The third kappa shape index (κ3) is 7.44. The summed E-state index contributed by atoms with van der Waals surface area (Å²) in [6.07, 6.45) is -2.01. The van der Waals surface area contributed by atoms with Gasteiger partial charge in [-0.05, 0) is 50.5 Å². The number of carboxylic acids is 1. The molecule has 0 aliphatic carbocycles. The van der Waals surface area contributed by atoms with E-state index in [9.17, 15) is 22.8 Å². The summed E-state index contributed by atoms with van der Waals surface area (Å²) in [5.41, 5.74) is 0.360. The third-order valence-electron chi connectivity index (χ3n) is 6.52. The molecule has 11 nitrogen and oxygen atoms in total. The highest BCUT2D eigenvalue weighted by Crippen LogP contribution is 2.38. The first-order chi connectivity index (χ1) is 19.2. The number of guanidine groups is 1. The van der Waals surface area contributed by atoms with Crippen molar-refractivity contribution in [1.29, 1.82) is 5.41 Å². The lowest BCUT2D eigenvalue weighted by atomic mass is 9.85. The molecule has 3 atom stereocenters. The maximum atomic E-state index is 13.2. The number of hydrogen-bond donors (Lipinski definition) is 4. The van der Waals surface area contributed by atoms with Gasteiger partial charge < -0.3 is 25.2 Å². The average Bonchev–Trinajstić information content (AvgIpc) is 2.89. The van der Waals surface area contributed by atoms with Crippen LogP contribution in [0.3, 0.4) is 0 Å². The molecule has 2 amide bonds. The molecule has 222 valence electrons. The molecular formula is C26H29ClF3N5O6. The minimum Gasteiger partial charge on any atom is -0.480 e. The number of carbonyl (C=O) groups excluding carboxylic acids is 2. The van der Waals surface area contributed by atoms with Crippen molar-refractivity contribution < 1.29 is 42.1 Å². The number of benzene rings is 1. The normalized spacial score (nSPS) is 22.7. The van der Waals surface area contributed by atoms with Gasteiger partial charge in [0.1, 0.15) is 5.56 Å². The monoisotopic (exact) mass is 599 g/mol. The highest BCUT2D eigenvalue weighted by molar-refractivity contribution is 6.35. The molecule has 0 spiro atoms. The zero-order valence-electron chi connectivity index (χ0n) is 22.3. The Morgan fingerprint density at radius 2 is 2.00 bits per heavy atom. The van der Waals surface area contributed by atoms with Gasteiger partial charge in [-0.3, -0.25) is 19.9 Å². The number of nitrogens with zero attached hydrogens (tertiary/aromatic N) is 2. The van der Waals surface area contributed by atoms with Gasteiger partial charge in [-0.25, -0.2) is 9.78 Å². The summed E-state index contributed by atoms with van der Waals surface area (Å²) in [5, 5.41) is 22.0. The van der Waals surface area contributed by atoms with Gasteiger partial charge in [-0.2, -0.15) is 13.2 Å². The first kappa shape index (κ1) is 31.6. The molecule has 2 aliphatic heterocycles. The summed E-state index contributed by atoms with van der Waals surface area (Å²) < 4.78 is 42.5. The number of amides is 2. The quantitative estimate of drug-likeness (QED) is 0.399. The van der Waals surface area contributed by atoms with Gasteiger partial charge in [-0.15, -0.1) is 0 Å². The smallest absolute Gasteiger partial charge is 0.480 e. The van der Waals surface area contributed by atoms with E-state index >= 15 is 0 Å². The van der Waals surface area contributed by atoms with Gasteiger partial charge in [0.15, 0.2) is 5.96 Å². The van der Waals surface area contributed by atoms with Crippen LogP contribution in [0, 0.1) is 5.41 Å². The molecular weight excluding hydrogens is 571 g/mol. The van der Waals surface area contributed by atoms with Gasteiger partial charge in [0, 0.05) is 18.8 Å². The van der Waals surface area contributed by atoms with E-state index in [0.717, 1.165) is 0 Å². The lowest BCUT2D eigenvalue weighted by Crippen LogP contribution is -2.63. The van der Waals surface area contributed by atoms with Gasteiger partial charge in [0.25, 0.3) is 5.91 Å². The zero-order chi connectivity index (χ0) is 30.5. The summed E-state index contributed by atoms with van der Waals surface area (Å²) in [7, 11) is 1.44. The number of alkyl halides is 3. The van der Waals surface area contributed by atoms with Crippen molar-refractivity contribution in [1.82, 2.24) is 15.2 Å². The van der Waals surface area contributed by atoms with Crippen LogP contribution in [0.25, 0.3) is 0 Å². The third-order valence-corrected chi connectivity index (χ3v) is 6.93. The van der Waals surface area contributed by atoms with Crippen LogP contribution in [0.15, 0.2) is 36.5 Å². The summed E-state index contributed by atoms with van der Waals surface area (Å²) in [4.78, 5) is 40.5. The standard InChI is InChI=1S/C24H28ClN5O4.C2HF3O2/c1-14-12-15(9-11-34-14)30-19(31)13-24(2,29-23(30)26)17-7-4-8-18(20(17)25)28-21(32)16-6-5-10-27-22(16)33-3;3-2(4,5)1(6)7/h4-8,10,14-15H,9,11-13H2,1-3H3,(H2,26,29)(H,28,32);(H,6,7)/t14-,15-,24+;/m1./s1. The average molecular weight is 600 g/mol. The summed E-state index contributed by atoms with van der Waals surface area (Å²) >= 11 is 6.72. The van der Waals surface area contributed by atoms with Crippen LogP contribution in [0.2, 0.25) is 5.02 Å². The van der Waals surface area contributed by atoms with Crippen molar-refractivity contribution in [2.45, 2.75) is 57.0 Å². The summed E-state index contributed by atoms with van der Waals surface area (Å²) in [5.74, 6) is -3.07. The molecule has 2 aromatic rings. The van der Waals surface area contributed by atoms with E-state index in [4.69, 9.17) is 36.4 Å². The SMILES string of the molecule is COc1ncccc1C(=O)Nc1cccc([C@]2(C)CC(=O)N([C@@H]3CCO[C@H](C)C3)C(=N)N2)c1Cl.O=C(O)C(F)(F)F. The van der Waals surface area contributed by atoms with Crippen molar-refractivity contribution in [2.24, 2.45) is 0 Å². The molecule has 2 fully saturated rings. The Morgan fingerprint density at radius 1 is 1.32 bits per heavy atom. The fourth-order valence-corrected chi connectivity index (χ4v) is 4.99. The summed E-state index contributed by atoms with van der Waals surface area (Å²) in [6.45, 7) is 4.37. The molecule has 15 heteroatoms. The first-order valence-electron chi connectivity index (χ1n) is 12.4. The Kier molecular flexibility index (Phi) is 9.81. The minimum absolute atomic E-state index is 0.0424. The van der Waals surface area contributed by atoms with Crippen LogP contribution in [-0.2, 0) is 19.9 Å². The molecule has 0 saturated carbocycles. The molecule has 4 N–H and O–H groups in total. The lowest BCUT2D eigenvalue weighted by Gasteiger charge is -2.45. The fourth-order valence-electron chi connectivity index (χ4n) is 4.61. The van der Waals surface area contributed by atoms with E-state index in [0.29, 0.717) is 35.7 Å². The lowest BCUT2D eigenvalue weighted by molar-refractivity contribution is -0.192. The number of halogens is 4. The van der Waals surface area contributed by atoms with E-state index in [-0.39, 0.29) is 41.9 Å². The molecule has 0 bridgehead atoms. The van der Waals surface area contributed by atoms with Crippen LogP contribution < -0.4 is 15.4 Å². The fraction of sp³-hybridized carbons (Fsp3) is 0.423. The Labute approximate surface area is 238 Å². The van der Waals surface area contributed by atoms with Gasteiger partial charge >= 0.3 is 12.1 Å². The van der Waals surface area contributed by atoms with E-state index in [1.54, 1.807) is 30.3 Å². The predicted octanol–water partition coefficient (Wildman–Crippen LogP) is 4.17. The van der Waals surface area contributed by atoms with Crippen LogP contribution in [0.1, 0.15) is 49.0 Å². The van der Waals surface area contributed by atoms with Crippen molar-refractivity contribution in [3.63, 3.8) is 0 Å². The van der Waals surface area contributed by atoms with Crippen molar-refractivity contribution >= 4 is 41.0 Å². The number of anilines is 1. The Bertz CT molecular complexity index is 1310. The van der Waals surface area contributed by atoms with E-state index < -0.39 is 23.6 Å². The molecule has 41 heavy (non-hydrogen) atoms. The number of methoxy groups -OCH3 is 1. The van der Waals surface area contributed by atoms with Crippen molar-refractivity contribution in [3.8, 4) is 5.88 Å². The van der Waals surface area contributed by atoms with Gasteiger partial charge in [0.2, 0.25) is 11.8 Å². The number of carbonyl (C=O) groups is 3. The summed E-state index contributed by atoms with van der Waals surface area (Å²) in [6, 6.07) is 8.41. The zero-order valence-corrected chi connectivity index (χ0v) is 23.1. The number of carboxylic acid groups (broad SMARTS) is 1. The number of aromatic nitrogens is 1. The maximum absolute atomic E-state index is 13.2. The van der Waals surface area contributed by atoms with Gasteiger partial charge in [-0.1, -0.05) is 23.7 Å². The Morgan fingerprint density at radius 3 is 2.59 bits per heavy atom. The molecule has 0 radical (unpaired) electrons. The molecule has 4 rings (SSSR count). The molecule has 2 saturated heterocycles. The van der Waals surface area contributed by atoms with Crippen LogP contribution in [0.4, 0.5) is 18.9 Å². The van der Waals surface area contributed by atoms with E-state index in [2.05, 4.69) is 15.6 Å². The first-order valence-corrected chi connectivity index (χ1v) is 12.8. The van der Waals surface area contributed by atoms with E-state index in [1.165, 1.54) is 18.2 Å². The van der Waals surface area contributed by atoms with Crippen LogP contribution in [0.5, 0.6) is 5.88 Å². The van der Waals surface area contributed by atoms with Crippen LogP contribution in [-0.4, -0.2) is 70.8 Å². The second-order valence-corrected chi connectivity index (χ2v) is 9.97. The molecule has 1 aromatic carbocycles. The van der Waals surface area contributed by atoms with E-state index in [1.807, 2.05) is 13.8 Å². The second kappa shape index (κ2) is 12.7. The molecule has 3 heterocycles. The van der Waals surface area contributed by atoms with Crippen LogP contribution >= 0.6 is 11.6 Å². The highest BCUT2D eigenvalue weighted by Gasteiger charge is 2.44. The second-order valence-electron chi connectivity index (χ2n) is 9.59. The highest BCUT2D eigenvalue weighted by atomic mass is 35.5. The number of ether oxygens (including phenoxy) is 2. The number of hydrogen-bond acceptors (Lipinski definition) is 7. The number of pyridine rings is 1. The molecule has 1 aromatic heterocycles. The molecule has 2 aliphatic rings. The molecule has 0 unspecified atom stereocenters. The largest absolute Gasteiger partial charge is 0.490 e. The van der Waals surface area contributed by atoms with Gasteiger partial charge in [0.05, 0.1) is 35.9 Å². The Balaban J connectivity index is 0.000000587. The predicted molar refractivity (Wildman–Crippen MR) is 142 cm³/mol.